The molecule has 4 nitrogen and oxygen atoms in total. The van der Waals surface area contributed by atoms with Gasteiger partial charge >= 0.3 is 0 Å². The van der Waals surface area contributed by atoms with Gasteiger partial charge in [0.05, 0.1) is 24.9 Å². The van der Waals surface area contributed by atoms with E-state index in [0.29, 0.717) is 23.5 Å². The minimum Gasteiger partial charge on any atom is -0.497 e. The molecule has 0 saturated carbocycles. The van der Waals surface area contributed by atoms with Crippen molar-refractivity contribution in [3.8, 4) is 5.75 Å². The molecule has 0 unspecified atom stereocenters. The number of hydrogen-bond acceptors (Lipinski definition) is 3. The molecule has 0 aromatic heterocycles. The molecule has 3 N–H and O–H groups in total. The van der Waals surface area contributed by atoms with Crippen LogP contribution in [0.2, 0.25) is 0 Å². The number of carbonyl (C=O) groups is 1. The normalized spacial score (nSPS) is 10.1. The number of carbonyl (C=O) groups excluding carboxylic acids is 1. The van der Waals surface area contributed by atoms with Gasteiger partial charge in [0.1, 0.15) is 5.75 Å². The predicted octanol–water partition coefficient (Wildman–Crippen LogP) is 2.77. The molecule has 0 aliphatic carbocycles. The Morgan fingerprint density at radius 3 is 2.70 bits per heavy atom. The fourth-order valence-electron chi connectivity index (χ4n) is 1.95. The summed E-state index contributed by atoms with van der Waals surface area (Å²) in [6.07, 6.45) is 0.323. The highest BCUT2D eigenvalue weighted by Crippen LogP contribution is 2.24. The Morgan fingerprint density at radius 1 is 1.25 bits per heavy atom. The number of rotatable bonds is 4. The van der Waals surface area contributed by atoms with Crippen molar-refractivity contribution >= 4 is 17.3 Å². The first-order valence-corrected chi connectivity index (χ1v) is 6.38. The molecule has 2 rings (SSSR count). The number of methoxy groups -OCH3 is 1. The lowest BCUT2D eigenvalue weighted by molar-refractivity contribution is -0.115. The van der Waals surface area contributed by atoms with Crippen LogP contribution in [0.4, 0.5) is 11.4 Å². The van der Waals surface area contributed by atoms with Crippen LogP contribution in [0.5, 0.6) is 5.75 Å². The molecular formula is C16H18N2O2. The van der Waals surface area contributed by atoms with E-state index in [4.69, 9.17) is 10.5 Å². The molecule has 0 radical (unpaired) electrons. The molecule has 0 saturated heterocycles. The Kier molecular flexibility index (Phi) is 4.25. The van der Waals surface area contributed by atoms with Crippen LogP contribution in [-0.4, -0.2) is 13.0 Å². The molecule has 0 bridgehead atoms. The molecule has 2 aromatic rings. The SMILES string of the molecule is COc1ccc(N)c(NC(=O)Cc2ccccc2C)c1. The number of hydrogen-bond donors (Lipinski definition) is 2. The fourth-order valence-corrected chi connectivity index (χ4v) is 1.95. The van der Waals surface area contributed by atoms with Gasteiger partial charge in [0.15, 0.2) is 0 Å². The van der Waals surface area contributed by atoms with E-state index in [1.807, 2.05) is 31.2 Å². The van der Waals surface area contributed by atoms with Crippen molar-refractivity contribution in [1.82, 2.24) is 0 Å². The lowest BCUT2D eigenvalue weighted by Gasteiger charge is -2.11. The molecule has 2 aromatic carbocycles. The maximum Gasteiger partial charge on any atom is 0.228 e. The number of nitrogens with one attached hydrogen (secondary N) is 1. The Hall–Kier alpha value is -2.49. The summed E-state index contributed by atoms with van der Waals surface area (Å²) in [5.74, 6) is 0.560. The first kappa shape index (κ1) is 13.9. The highest BCUT2D eigenvalue weighted by atomic mass is 16.5. The maximum atomic E-state index is 12.1. The monoisotopic (exact) mass is 270 g/mol. The predicted molar refractivity (Wildman–Crippen MR) is 80.9 cm³/mol. The number of nitrogens with two attached hydrogens (primary N) is 1. The summed E-state index contributed by atoms with van der Waals surface area (Å²) in [5.41, 5.74) is 9.04. The number of nitrogen functional groups attached to an aromatic ring is 1. The van der Waals surface area contributed by atoms with Crippen molar-refractivity contribution in [1.29, 1.82) is 0 Å². The van der Waals surface area contributed by atoms with Crippen LogP contribution in [0.15, 0.2) is 42.5 Å². The van der Waals surface area contributed by atoms with Gasteiger partial charge in [0.2, 0.25) is 5.91 Å². The average molecular weight is 270 g/mol. The van der Waals surface area contributed by atoms with Crippen LogP contribution >= 0.6 is 0 Å². The van der Waals surface area contributed by atoms with Crippen LogP contribution in [0.1, 0.15) is 11.1 Å². The second-order valence-corrected chi connectivity index (χ2v) is 4.60. The van der Waals surface area contributed by atoms with Crippen LogP contribution in [-0.2, 0) is 11.2 Å². The van der Waals surface area contributed by atoms with Gasteiger partial charge < -0.3 is 15.8 Å². The molecule has 0 spiro atoms. The Morgan fingerprint density at radius 2 is 2.00 bits per heavy atom. The van der Waals surface area contributed by atoms with Crippen molar-refractivity contribution in [2.24, 2.45) is 0 Å². The van der Waals surface area contributed by atoms with E-state index in [9.17, 15) is 4.79 Å². The third kappa shape index (κ3) is 3.29. The van der Waals surface area contributed by atoms with Crippen molar-refractivity contribution < 1.29 is 9.53 Å². The summed E-state index contributed by atoms with van der Waals surface area (Å²) in [4.78, 5) is 12.1. The minimum absolute atomic E-state index is 0.0979. The largest absolute Gasteiger partial charge is 0.497 e. The van der Waals surface area contributed by atoms with Gasteiger partial charge in [-0.2, -0.15) is 0 Å². The van der Waals surface area contributed by atoms with Crippen LogP contribution in [0, 0.1) is 6.92 Å². The number of amides is 1. The van der Waals surface area contributed by atoms with E-state index in [1.54, 1.807) is 25.3 Å². The molecule has 104 valence electrons. The summed E-state index contributed by atoms with van der Waals surface area (Å²) in [5, 5.41) is 2.82. The minimum atomic E-state index is -0.0979. The van der Waals surface area contributed by atoms with Gasteiger partial charge in [0.25, 0.3) is 0 Å². The molecule has 0 fully saturated rings. The first-order valence-electron chi connectivity index (χ1n) is 6.38. The number of benzene rings is 2. The zero-order valence-electron chi connectivity index (χ0n) is 11.6. The van der Waals surface area contributed by atoms with E-state index >= 15 is 0 Å². The lowest BCUT2D eigenvalue weighted by atomic mass is 10.1. The van der Waals surface area contributed by atoms with Crippen molar-refractivity contribution in [3.05, 3.63) is 53.6 Å². The van der Waals surface area contributed by atoms with E-state index in [1.165, 1.54) is 0 Å². The van der Waals surface area contributed by atoms with Crippen molar-refractivity contribution in [3.63, 3.8) is 0 Å². The Bertz CT molecular complexity index is 624. The molecule has 0 atom stereocenters. The summed E-state index contributed by atoms with van der Waals surface area (Å²) in [6, 6.07) is 13.0. The smallest absolute Gasteiger partial charge is 0.228 e. The number of anilines is 2. The molecular weight excluding hydrogens is 252 g/mol. The van der Waals surface area contributed by atoms with Gasteiger partial charge in [-0.3, -0.25) is 4.79 Å². The number of ether oxygens (including phenoxy) is 1. The molecule has 0 heterocycles. The van der Waals surface area contributed by atoms with E-state index in [-0.39, 0.29) is 5.91 Å². The standard InChI is InChI=1S/C16H18N2O2/c1-11-5-3-4-6-12(11)9-16(19)18-15-10-13(20-2)7-8-14(15)17/h3-8,10H,9,17H2,1-2H3,(H,18,19). The first-order chi connectivity index (χ1) is 9.60. The van der Waals surface area contributed by atoms with Gasteiger partial charge in [-0.05, 0) is 30.2 Å². The van der Waals surface area contributed by atoms with Gasteiger partial charge in [0, 0.05) is 6.07 Å². The van der Waals surface area contributed by atoms with Gasteiger partial charge in [-0.1, -0.05) is 24.3 Å². The van der Waals surface area contributed by atoms with Crippen molar-refractivity contribution in [2.75, 3.05) is 18.2 Å². The van der Waals surface area contributed by atoms with E-state index in [2.05, 4.69) is 5.32 Å². The van der Waals surface area contributed by atoms with E-state index < -0.39 is 0 Å². The van der Waals surface area contributed by atoms with Gasteiger partial charge in [-0.25, -0.2) is 0 Å². The number of aryl methyl sites for hydroxylation is 1. The Balaban J connectivity index is 2.10. The molecule has 1 amide bonds. The molecule has 0 aliphatic rings. The zero-order chi connectivity index (χ0) is 14.5. The molecule has 0 aliphatic heterocycles. The molecule has 4 heteroatoms. The summed E-state index contributed by atoms with van der Waals surface area (Å²) in [7, 11) is 1.57. The van der Waals surface area contributed by atoms with Gasteiger partial charge in [-0.15, -0.1) is 0 Å². The third-order valence-corrected chi connectivity index (χ3v) is 3.15. The highest BCUT2D eigenvalue weighted by Gasteiger charge is 2.08. The third-order valence-electron chi connectivity index (χ3n) is 3.15. The quantitative estimate of drug-likeness (QED) is 0.840. The highest BCUT2D eigenvalue weighted by molar-refractivity contribution is 5.95. The summed E-state index contributed by atoms with van der Waals surface area (Å²) >= 11 is 0. The topological polar surface area (TPSA) is 64.3 Å². The zero-order valence-corrected chi connectivity index (χ0v) is 11.6. The summed E-state index contributed by atoms with van der Waals surface area (Å²) < 4.78 is 5.12. The second-order valence-electron chi connectivity index (χ2n) is 4.60. The maximum absolute atomic E-state index is 12.1. The molecule has 20 heavy (non-hydrogen) atoms. The fraction of sp³-hybridized carbons (Fsp3) is 0.188. The van der Waals surface area contributed by atoms with Crippen molar-refractivity contribution in [2.45, 2.75) is 13.3 Å². The van der Waals surface area contributed by atoms with Crippen LogP contribution in [0.25, 0.3) is 0 Å². The van der Waals surface area contributed by atoms with Crippen LogP contribution < -0.4 is 15.8 Å². The second kappa shape index (κ2) is 6.10. The van der Waals surface area contributed by atoms with Crippen LogP contribution in [0.3, 0.4) is 0 Å². The average Bonchev–Trinajstić information content (AvgIpc) is 2.44. The summed E-state index contributed by atoms with van der Waals surface area (Å²) in [6.45, 7) is 1.99. The lowest BCUT2D eigenvalue weighted by Crippen LogP contribution is -2.16. The van der Waals surface area contributed by atoms with E-state index in [0.717, 1.165) is 11.1 Å². The Labute approximate surface area is 118 Å².